The third kappa shape index (κ3) is 6.90. The van der Waals surface area contributed by atoms with E-state index >= 15 is 0 Å². The average molecular weight is 558 g/mol. The lowest BCUT2D eigenvalue weighted by atomic mass is 10.1. The molecule has 10 nitrogen and oxygen atoms in total. The molecule has 0 atom stereocenters. The molecule has 4 aromatic rings. The first-order valence-corrected chi connectivity index (χ1v) is 14.4. The molecule has 2 aromatic carbocycles. The monoisotopic (exact) mass is 557 g/mol. The van der Waals surface area contributed by atoms with Crippen molar-refractivity contribution >= 4 is 33.9 Å². The van der Waals surface area contributed by atoms with Crippen LogP contribution in [0.3, 0.4) is 0 Å². The molecule has 0 saturated carbocycles. The third-order valence-corrected chi connectivity index (χ3v) is 7.88. The zero-order chi connectivity index (χ0) is 28.8. The molecule has 0 amide bonds. The minimum atomic E-state index is 0.483. The number of aryl methyl sites for hydroxylation is 1. The first-order chi connectivity index (χ1) is 19.9. The van der Waals surface area contributed by atoms with Crippen LogP contribution in [-0.4, -0.2) is 97.9 Å². The lowest BCUT2D eigenvalue weighted by molar-refractivity contribution is 0.222. The highest BCUT2D eigenvalue weighted by Crippen LogP contribution is 2.36. The van der Waals surface area contributed by atoms with Crippen LogP contribution < -0.4 is 26.0 Å². The third-order valence-electron chi connectivity index (χ3n) is 7.88. The fourth-order valence-electron chi connectivity index (χ4n) is 5.47. The van der Waals surface area contributed by atoms with Crippen molar-refractivity contribution in [1.82, 2.24) is 29.7 Å². The minimum Gasteiger partial charge on any atom is -0.494 e. The first kappa shape index (κ1) is 28.7. The number of rotatable bonds is 12. The molecular formula is C31H43N9O. The van der Waals surface area contributed by atoms with Gasteiger partial charge in [0.1, 0.15) is 5.75 Å². The summed E-state index contributed by atoms with van der Waals surface area (Å²) >= 11 is 0. The van der Waals surface area contributed by atoms with Crippen LogP contribution in [0.5, 0.6) is 5.75 Å². The Morgan fingerprint density at radius 3 is 2.68 bits per heavy atom. The van der Waals surface area contributed by atoms with Crippen LogP contribution in [0, 0.1) is 0 Å². The molecule has 218 valence electrons. The molecule has 41 heavy (non-hydrogen) atoms. The lowest BCUT2D eigenvalue weighted by Crippen LogP contribution is -2.44. The normalized spacial score (nSPS) is 14.1. The molecule has 0 bridgehead atoms. The van der Waals surface area contributed by atoms with E-state index in [2.05, 4.69) is 67.3 Å². The van der Waals surface area contributed by atoms with E-state index in [1.54, 1.807) is 13.3 Å². The Morgan fingerprint density at radius 1 is 1.07 bits per heavy atom. The Labute approximate surface area is 243 Å². The molecule has 0 aliphatic carbocycles. The number of nitrogens with one attached hydrogen (secondary N) is 2. The fraction of sp³-hybridized carbons (Fsp3) is 0.419. The van der Waals surface area contributed by atoms with Crippen molar-refractivity contribution < 1.29 is 4.74 Å². The number of para-hydroxylation sites is 1. The Balaban J connectivity index is 1.23. The number of fused-ring (bicyclic) bond motifs is 1. The van der Waals surface area contributed by atoms with Gasteiger partial charge in [-0.3, -0.25) is 0 Å². The number of hydrogen-bond acceptors (Lipinski definition) is 9. The number of nitrogens with zero attached hydrogens (tertiary/aromatic N) is 6. The number of aromatic nitrogens is 3. The topological polar surface area (TPSA) is 99.7 Å². The molecule has 5 rings (SSSR count). The smallest absolute Gasteiger partial charge is 0.227 e. The standard InChI is InChI=1S/C31H43N9O/c1-37(14-7-15-40-16-12-33-13-17-40)18-19-38(2)29-21-30(41-4)27(20-25(29)32)36-31-34-11-10-26(35-31)24-22-39(3)28-9-6-5-8-23(24)28/h5-6,8-11,20-22,33H,7,12-19,32H2,1-4H3,(H,34,35,36). The number of benzene rings is 2. The van der Waals surface area contributed by atoms with Gasteiger partial charge in [-0.2, -0.15) is 0 Å². The second kappa shape index (κ2) is 13.2. The van der Waals surface area contributed by atoms with Crippen molar-refractivity contribution in [2.24, 2.45) is 7.05 Å². The second-order valence-electron chi connectivity index (χ2n) is 10.8. The van der Waals surface area contributed by atoms with Crippen LogP contribution in [-0.2, 0) is 7.05 Å². The van der Waals surface area contributed by atoms with E-state index in [9.17, 15) is 0 Å². The lowest BCUT2D eigenvalue weighted by Gasteiger charge is -2.28. The van der Waals surface area contributed by atoms with Gasteiger partial charge in [0.15, 0.2) is 0 Å². The molecular weight excluding hydrogens is 514 g/mol. The Morgan fingerprint density at radius 2 is 1.88 bits per heavy atom. The van der Waals surface area contributed by atoms with Gasteiger partial charge in [-0.25, -0.2) is 9.97 Å². The van der Waals surface area contributed by atoms with Gasteiger partial charge < -0.3 is 40.4 Å². The Hall–Kier alpha value is -3.86. The van der Waals surface area contributed by atoms with E-state index in [1.165, 1.54) is 6.42 Å². The zero-order valence-electron chi connectivity index (χ0n) is 24.7. The van der Waals surface area contributed by atoms with Gasteiger partial charge in [0, 0.05) is 88.3 Å². The summed E-state index contributed by atoms with van der Waals surface area (Å²) in [6.45, 7) is 8.57. The van der Waals surface area contributed by atoms with E-state index in [0.29, 0.717) is 17.4 Å². The Bertz CT molecular complexity index is 1450. The van der Waals surface area contributed by atoms with E-state index in [0.717, 1.165) is 85.9 Å². The number of nitrogens with two attached hydrogens (primary N) is 1. The highest BCUT2D eigenvalue weighted by molar-refractivity contribution is 5.95. The summed E-state index contributed by atoms with van der Waals surface area (Å²) in [7, 11) is 7.98. The summed E-state index contributed by atoms with van der Waals surface area (Å²) in [5, 5.41) is 7.90. The molecule has 0 spiro atoms. The van der Waals surface area contributed by atoms with Crippen LogP contribution in [0.2, 0.25) is 0 Å². The van der Waals surface area contributed by atoms with Crippen molar-refractivity contribution in [2.45, 2.75) is 6.42 Å². The van der Waals surface area contributed by atoms with Crippen molar-refractivity contribution in [3.8, 4) is 17.0 Å². The van der Waals surface area contributed by atoms with Gasteiger partial charge in [0.2, 0.25) is 5.95 Å². The van der Waals surface area contributed by atoms with Gasteiger partial charge in [-0.1, -0.05) is 18.2 Å². The summed E-state index contributed by atoms with van der Waals surface area (Å²) < 4.78 is 7.87. The summed E-state index contributed by atoms with van der Waals surface area (Å²) in [5.74, 6) is 1.17. The van der Waals surface area contributed by atoms with Crippen LogP contribution in [0.1, 0.15) is 6.42 Å². The molecule has 1 fully saturated rings. The fourth-order valence-corrected chi connectivity index (χ4v) is 5.47. The molecule has 1 saturated heterocycles. The van der Waals surface area contributed by atoms with Gasteiger partial charge in [-0.05, 0) is 44.8 Å². The molecule has 2 aromatic heterocycles. The number of piperazine rings is 1. The molecule has 1 aliphatic rings. The van der Waals surface area contributed by atoms with Crippen molar-refractivity contribution in [3.63, 3.8) is 0 Å². The van der Waals surface area contributed by atoms with Crippen LogP contribution in [0.25, 0.3) is 22.2 Å². The highest BCUT2D eigenvalue weighted by Gasteiger charge is 2.16. The number of methoxy groups -OCH3 is 1. The van der Waals surface area contributed by atoms with Crippen LogP contribution >= 0.6 is 0 Å². The van der Waals surface area contributed by atoms with Crippen molar-refractivity contribution in [3.05, 3.63) is 54.9 Å². The maximum absolute atomic E-state index is 6.55. The van der Waals surface area contributed by atoms with Crippen molar-refractivity contribution in [1.29, 1.82) is 0 Å². The van der Waals surface area contributed by atoms with Crippen molar-refractivity contribution in [2.75, 3.05) is 89.5 Å². The molecule has 1 aliphatic heterocycles. The maximum Gasteiger partial charge on any atom is 0.227 e. The van der Waals surface area contributed by atoms with Crippen LogP contribution in [0.15, 0.2) is 54.9 Å². The summed E-state index contributed by atoms with van der Waals surface area (Å²) in [5.41, 5.74) is 11.9. The number of ether oxygens (including phenoxy) is 1. The Kier molecular flexibility index (Phi) is 9.23. The molecule has 0 unspecified atom stereocenters. The SMILES string of the molecule is COc1cc(N(C)CCN(C)CCCN2CCNCC2)c(N)cc1Nc1nccc(-c2cn(C)c3ccccc23)n1. The average Bonchev–Trinajstić information content (AvgIpc) is 3.33. The van der Waals surface area contributed by atoms with Gasteiger partial charge in [-0.15, -0.1) is 0 Å². The number of likely N-dealkylation sites (N-methyl/N-ethyl adjacent to an activating group) is 2. The number of hydrogen-bond donors (Lipinski definition) is 3. The zero-order valence-corrected chi connectivity index (χ0v) is 24.7. The molecule has 10 heteroatoms. The second-order valence-corrected chi connectivity index (χ2v) is 10.8. The van der Waals surface area contributed by atoms with Gasteiger partial charge >= 0.3 is 0 Å². The largest absolute Gasteiger partial charge is 0.494 e. The van der Waals surface area contributed by atoms with E-state index < -0.39 is 0 Å². The molecule has 3 heterocycles. The van der Waals surface area contributed by atoms with Gasteiger partial charge in [0.05, 0.1) is 29.9 Å². The minimum absolute atomic E-state index is 0.483. The van der Waals surface area contributed by atoms with E-state index in [1.807, 2.05) is 37.4 Å². The first-order valence-electron chi connectivity index (χ1n) is 14.4. The maximum atomic E-state index is 6.55. The number of nitrogen functional groups attached to an aromatic ring is 1. The summed E-state index contributed by atoms with van der Waals surface area (Å²) in [6.07, 6.45) is 5.05. The highest BCUT2D eigenvalue weighted by atomic mass is 16.5. The predicted octanol–water partition coefficient (Wildman–Crippen LogP) is 3.63. The molecule has 0 radical (unpaired) electrons. The van der Waals surface area contributed by atoms with Gasteiger partial charge in [0.25, 0.3) is 0 Å². The molecule has 4 N–H and O–H groups in total. The predicted molar refractivity (Wildman–Crippen MR) is 169 cm³/mol. The summed E-state index contributed by atoms with van der Waals surface area (Å²) in [4.78, 5) is 16.4. The van der Waals surface area contributed by atoms with E-state index in [-0.39, 0.29) is 0 Å². The number of anilines is 4. The van der Waals surface area contributed by atoms with Crippen LogP contribution in [0.4, 0.5) is 23.0 Å². The van der Waals surface area contributed by atoms with E-state index in [4.69, 9.17) is 15.5 Å². The summed E-state index contributed by atoms with van der Waals surface area (Å²) in [6, 6.07) is 14.1. The quantitative estimate of drug-likeness (QED) is 0.226.